The van der Waals surface area contributed by atoms with Crippen LogP contribution >= 0.6 is 0 Å². The first kappa shape index (κ1) is 13.3. The zero-order chi connectivity index (χ0) is 14.3. The van der Waals surface area contributed by atoms with Crippen LogP contribution in [0.1, 0.15) is 38.3 Å². The van der Waals surface area contributed by atoms with E-state index in [0.29, 0.717) is 11.6 Å². The lowest BCUT2D eigenvalue weighted by atomic mass is 9.92. The number of nitrogens with one attached hydrogen (secondary N) is 1. The Morgan fingerprint density at radius 1 is 1.33 bits per heavy atom. The smallest absolute Gasteiger partial charge is 0.137 e. The minimum absolute atomic E-state index is 0.381. The van der Waals surface area contributed by atoms with Crippen molar-refractivity contribution in [2.75, 3.05) is 13.1 Å². The molecule has 1 saturated carbocycles. The second-order valence-corrected chi connectivity index (χ2v) is 6.82. The summed E-state index contributed by atoms with van der Waals surface area (Å²) in [6, 6.07) is 6.76. The summed E-state index contributed by atoms with van der Waals surface area (Å²) >= 11 is 0. The molecule has 3 heterocycles. The molecule has 2 aromatic rings. The Kier molecular flexibility index (Phi) is 3.23. The fourth-order valence-corrected chi connectivity index (χ4v) is 3.96. The van der Waals surface area contributed by atoms with Crippen LogP contribution in [0.4, 0.5) is 0 Å². The number of aromatic nitrogens is 2. The van der Waals surface area contributed by atoms with Gasteiger partial charge in [0.2, 0.25) is 0 Å². The summed E-state index contributed by atoms with van der Waals surface area (Å²) in [6.45, 7) is 5.56. The third-order valence-corrected chi connectivity index (χ3v) is 5.24. The van der Waals surface area contributed by atoms with E-state index in [0.717, 1.165) is 18.7 Å². The van der Waals surface area contributed by atoms with Gasteiger partial charge in [-0.2, -0.15) is 0 Å². The molecule has 0 radical (unpaired) electrons. The molecule has 4 rings (SSSR count). The summed E-state index contributed by atoms with van der Waals surface area (Å²) < 4.78 is 2.12. The monoisotopic (exact) mass is 284 g/mol. The molecule has 1 atom stereocenters. The van der Waals surface area contributed by atoms with E-state index in [4.69, 9.17) is 4.98 Å². The molecule has 1 aliphatic carbocycles. The van der Waals surface area contributed by atoms with E-state index >= 15 is 0 Å². The Morgan fingerprint density at radius 3 is 3.00 bits per heavy atom. The molecule has 21 heavy (non-hydrogen) atoms. The van der Waals surface area contributed by atoms with E-state index in [1.807, 2.05) is 6.07 Å². The van der Waals surface area contributed by atoms with Gasteiger partial charge in [-0.25, -0.2) is 4.98 Å². The van der Waals surface area contributed by atoms with Gasteiger partial charge in [0.15, 0.2) is 0 Å². The maximum atomic E-state index is 4.76. The zero-order valence-corrected chi connectivity index (χ0v) is 12.8. The standard InChI is InChI=1S/C17H24N4/c1-14-10-18-17(7-3-4-8-17)13-21(14)12-15-11-20-9-5-2-6-16(20)19-15/h2,5-6,9,11,14,18H,3-4,7-8,10,12-13H2,1H3. The first-order chi connectivity index (χ1) is 10.2. The molecule has 1 N–H and O–H groups in total. The van der Waals surface area contributed by atoms with E-state index in [2.05, 4.69) is 46.1 Å². The van der Waals surface area contributed by atoms with Crippen LogP contribution in [0.5, 0.6) is 0 Å². The third-order valence-electron chi connectivity index (χ3n) is 5.24. The minimum Gasteiger partial charge on any atom is -0.308 e. The van der Waals surface area contributed by atoms with Crippen LogP contribution in [0.25, 0.3) is 5.65 Å². The molecule has 2 fully saturated rings. The number of piperazine rings is 1. The average Bonchev–Trinajstić information content (AvgIpc) is 3.09. The van der Waals surface area contributed by atoms with Gasteiger partial charge in [-0.3, -0.25) is 4.90 Å². The molecule has 1 aliphatic heterocycles. The van der Waals surface area contributed by atoms with Crippen LogP contribution in [-0.4, -0.2) is 39.0 Å². The Balaban J connectivity index is 1.54. The van der Waals surface area contributed by atoms with E-state index < -0.39 is 0 Å². The van der Waals surface area contributed by atoms with Crippen LogP contribution < -0.4 is 5.32 Å². The molecule has 4 heteroatoms. The highest BCUT2D eigenvalue weighted by Crippen LogP contribution is 2.33. The summed E-state index contributed by atoms with van der Waals surface area (Å²) in [5.41, 5.74) is 2.61. The normalized spacial score (nSPS) is 25.9. The largest absolute Gasteiger partial charge is 0.308 e. The number of pyridine rings is 1. The van der Waals surface area contributed by atoms with Crippen molar-refractivity contribution in [1.82, 2.24) is 19.6 Å². The van der Waals surface area contributed by atoms with E-state index in [9.17, 15) is 0 Å². The van der Waals surface area contributed by atoms with Gasteiger partial charge < -0.3 is 9.72 Å². The molecule has 0 amide bonds. The van der Waals surface area contributed by atoms with Gasteiger partial charge in [-0.1, -0.05) is 18.9 Å². The van der Waals surface area contributed by atoms with Crippen molar-refractivity contribution in [1.29, 1.82) is 0 Å². The van der Waals surface area contributed by atoms with Crippen molar-refractivity contribution in [3.8, 4) is 0 Å². The van der Waals surface area contributed by atoms with Gasteiger partial charge >= 0.3 is 0 Å². The number of rotatable bonds is 2. The van der Waals surface area contributed by atoms with Crippen LogP contribution in [0, 0.1) is 0 Å². The maximum absolute atomic E-state index is 4.76. The maximum Gasteiger partial charge on any atom is 0.137 e. The first-order valence-corrected chi connectivity index (χ1v) is 8.16. The number of hydrogen-bond donors (Lipinski definition) is 1. The lowest BCUT2D eigenvalue weighted by Gasteiger charge is -2.45. The minimum atomic E-state index is 0.381. The molecular formula is C17H24N4. The van der Waals surface area contributed by atoms with Gasteiger partial charge in [0.05, 0.1) is 5.69 Å². The van der Waals surface area contributed by atoms with Gasteiger partial charge in [-0.15, -0.1) is 0 Å². The van der Waals surface area contributed by atoms with Crippen LogP contribution in [-0.2, 0) is 6.54 Å². The third kappa shape index (κ3) is 2.47. The van der Waals surface area contributed by atoms with Crippen molar-refractivity contribution in [3.05, 3.63) is 36.3 Å². The Labute approximate surface area is 126 Å². The first-order valence-electron chi connectivity index (χ1n) is 8.16. The number of fused-ring (bicyclic) bond motifs is 1. The molecule has 0 bridgehead atoms. The molecule has 1 unspecified atom stereocenters. The van der Waals surface area contributed by atoms with Crippen LogP contribution in [0.2, 0.25) is 0 Å². The molecule has 0 aromatic carbocycles. The quantitative estimate of drug-likeness (QED) is 0.919. The summed E-state index contributed by atoms with van der Waals surface area (Å²) in [7, 11) is 0. The van der Waals surface area contributed by atoms with Crippen LogP contribution in [0.15, 0.2) is 30.6 Å². The van der Waals surface area contributed by atoms with Crippen molar-refractivity contribution in [2.45, 2.75) is 50.7 Å². The highest BCUT2D eigenvalue weighted by atomic mass is 15.3. The second kappa shape index (κ2) is 5.11. The predicted molar refractivity (Wildman–Crippen MR) is 84.3 cm³/mol. The topological polar surface area (TPSA) is 32.6 Å². The summed E-state index contributed by atoms with van der Waals surface area (Å²) in [6.07, 6.45) is 9.67. The van der Waals surface area contributed by atoms with Gasteiger partial charge in [-0.05, 0) is 31.9 Å². The molecule has 1 saturated heterocycles. The molecule has 4 nitrogen and oxygen atoms in total. The van der Waals surface area contributed by atoms with Gasteiger partial charge in [0.25, 0.3) is 0 Å². The molecule has 112 valence electrons. The molecule has 2 aromatic heterocycles. The summed E-state index contributed by atoms with van der Waals surface area (Å²) in [5.74, 6) is 0. The molecule has 1 spiro atoms. The molecule has 2 aliphatic rings. The van der Waals surface area contributed by atoms with Crippen molar-refractivity contribution >= 4 is 5.65 Å². The lowest BCUT2D eigenvalue weighted by Crippen LogP contribution is -2.62. The van der Waals surface area contributed by atoms with Crippen molar-refractivity contribution in [2.24, 2.45) is 0 Å². The fourth-order valence-electron chi connectivity index (χ4n) is 3.96. The number of hydrogen-bond acceptors (Lipinski definition) is 3. The SMILES string of the molecule is CC1CNC2(CCCC2)CN1Cc1cn2ccccc2n1. The Hall–Kier alpha value is -1.39. The van der Waals surface area contributed by atoms with E-state index in [1.165, 1.54) is 37.9 Å². The lowest BCUT2D eigenvalue weighted by molar-refractivity contribution is 0.0817. The highest BCUT2D eigenvalue weighted by molar-refractivity contribution is 5.39. The van der Waals surface area contributed by atoms with E-state index in [-0.39, 0.29) is 0 Å². The zero-order valence-electron chi connectivity index (χ0n) is 12.8. The van der Waals surface area contributed by atoms with E-state index in [1.54, 1.807) is 0 Å². The summed E-state index contributed by atoms with van der Waals surface area (Å²) in [4.78, 5) is 7.37. The molecular weight excluding hydrogens is 260 g/mol. The predicted octanol–water partition coefficient (Wildman–Crippen LogP) is 2.44. The second-order valence-electron chi connectivity index (χ2n) is 6.82. The van der Waals surface area contributed by atoms with Crippen LogP contribution in [0.3, 0.4) is 0 Å². The number of nitrogens with zero attached hydrogens (tertiary/aromatic N) is 3. The van der Waals surface area contributed by atoms with Crippen molar-refractivity contribution < 1.29 is 0 Å². The Morgan fingerprint density at radius 2 is 2.19 bits per heavy atom. The summed E-state index contributed by atoms with van der Waals surface area (Å²) in [5, 5.41) is 3.82. The highest BCUT2D eigenvalue weighted by Gasteiger charge is 2.39. The van der Waals surface area contributed by atoms with Crippen molar-refractivity contribution in [3.63, 3.8) is 0 Å². The van der Waals surface area contributed by atoms with Gasteiger partial charge in [0.1, 0.15) is 5.65 Å². The Bertz CT molecular complexity index is 594. The van der Waals surface area contributed by atoms with Gasteiger partial charge in [0, 0.05) is 43.6 Å². The fraction of sp³-hybridized carbons (Fsp3) is 0.588. The average molecular weight is 284 g/mol. The number of imidazole rings is 1.